The highest BCUT2D eigenvalue weighted by Crippen LogP contribution is 2.28. The first kappa shape index (κ1) is 21.0. The van der Waals surface area contributed by atoms with Gasteiger partial charge in [-0.2, -0.15) is 5.10 Å². The van der Waals surface area contributed by atoms with Crippen molar-refractivity contribution in [3.05, 3.63) is 70.9 Å². The molecule has 1 aliphatic rings. The van der Waals surface area contributed by atoms with Crippen molar-refractivity contribution in [1.29, 1.82) is 0 Å². The Morgan fingerprint density at radius 3 is 2.68 bits per heavy atom. The van der Waals surface area contributed by atoms with E-state index in [2.05, 4.69) is 28.1 Å². The van der Waals surface area contributed by atoms with Gasteiger partial charge in [-0.05, 0) is 48.4 Å². The Labute approximate surface area is 179 Å². The van der Waals surface area contributed by atoms with E-state index in [0.717, 1.165) is 37.0 Å². The molecule has 1 aromatic heterocycles. The average molecular weight is 425 g/mol. The fourth-order valence-corrected chi connectivity index (χ4v) is 3.50. The van der Waals surface area contributed by atoms with Crippen LogP contribution in [0.4, 0.5) is 25.1 Å². The highest BCUT2D eigenvalue weighted by Gasteiger charge is 2.22. The smallest absolute Gasteiger partial charge is 0.312 e. The van der Waals surface area contributed by atoms with Crippen LogP contribution in [0, 0.1) is 11.6 Å². The van der Waals surface area contributed by atoms with Gasteiger partial charge in [-0.3, -0.25) is 5.32 Å². The number of benzene rings is 2. The molecule has 0 spiro atoms. The molecule has 162 valence electrons. The third kappa shape index (κ3) is 4.44. The minimum atomic E-state index is -1.11. The Hall–Kier alpha value is -3.26. The van der Waals surface area contributed by atoms with Gasteiger partial charge in [0.25, 0.3) is 0 Å². The largest absolute Gasteiger partial charge is 0.324 e. The fraction of sp³-hybridized carbons (Fsp3) is 0.304. The first-order valence-electron chi connectivity index (χ1n) is 10.2. The van der Waals surface area contributed by atoms with Crippen LogP contribution in [0.5, 0.6) is 0 Å². The molecule has 0 saturated carbocycles. The molecule has 0 saturated heterocycles. The molecule has 0 atom stereocenters. The van der Waals surface area contributed by atoms with E-state index in [1.54, 1.807) is 10.7 Å². The summed E-state index contributed by atoms with van der Waals surface area (Å²) in [5.41, 5.74) is 3.61. The monoisotopic (exact) mass is 425 g/mol. The predicted octanol–water partition coefficient (Wildman–Crippen LogP) is 4.74. The zero-order chi connectivity index (χ0) is 22.2. The second-order valence-electron chi connectivity index (χ2n) is 8.64. The second kappa shape index (κ2) is 8.11. The van der Waals surface area contributed by atoms with Gasteiger partial charge in [-0.15, -0.1) is 0 Å². The highest BCUT2D eigenvalue weighted by atomic mass is 19.2. The fourth-order valence-electron chi connectivity index (χ4n) is 3.50. The second-order valence-corrected chi connectivity index (χ2v) is 8.64. The Kier molecular flexibility index (Phi) is 5.49. The predicted molar refractivity (Wildman–Crippen MR) is 117 cm³/mol. The highest BCUT2D eigenvalue weighted by molar-refractivity contribution is 5.99. The molecule has 0 unspecified atom stereocenters. The summed E-state index contributed by atoms with van der Waals surface area (Å²) >= 11 is 0. The number of amides is 2. The lowest BCUT2D eigenvalue weighted by Crippen LogP contribution is -2.24. The van der Waals surface area contributed by atoms with Crippen LogP contribution in [0.15, 0.2) is 42.5 Å². The summed E-state index contributed by atoms with van der Waals surface area (Å²) in [6.07, 6.45) is 0.915. The Bertz CT molecular complexity index is 1130. The molecule has 2 heterocycles. The molecule has 0 bridgehead atoms. The number of nitrogens with zero attached hydrogens (tertiary/aromatic N) is 2. The molecule has 31 heavy (non-hydrogen) atoms. The number of carbonyl (C=O) groups excluding carboxylic acids is 1. The van der Waals surface area contributed by atoms with E-state index >= 15 is 0 Å². The number of carbonyl (C=O) groups is 1. The standard InChI is InChI=1S/C23H25F2N5O/c1-23(2,3)19-12-20(28-22(31)27-18-6-4-5-17(24)21(18)25)30(29-19)16-8-7-15-13-26-10-9-14(15)11-16/h4-8,11-12,26H,9-10,13H2,1-3H3,(H2,27,28,31). The Balaban J connectivity index is 1.66. The van der Waals surface area contributed by atoms with Gasteiger partial charge in [-0.1, -0.05) is 32.9 Å². The summed E-state index contributed by atoms with van der Waals surface area (Å²) < 4.78 is 29.0. The average Bonchev–Trinajstić information content (AvgIpc) is 3.15. The van der Waals surface area contributed by atoms with Crippen molar-refractivity contribution >= 4 is 17.5 Å². The van der Waals surface area contributed by atoms with Crippen molar-refractivity contribution in [1.82, 2.24) is 15.1 Å². The molecule has 0 aliphatic carbocycles. The number of anilines is 2. The summed E-state index contributed by atoms with van der Waals surface area (Å²) in [6, 6.07) is 10.8. The quantitative estimate of drug-likeness (QED) is 0.568. The number of hydrogen-bond acceptors (Lipinski definition) is 3. The third-order valence-electron chi connectivity index (χ3n) is 5.24. The Morgan fingerprint density at radius 2 is 1.90 bits per heavy atom. The minimum absolute atomic E-state index is 0.235. The SMILES string of the molecule is CC(C)(C)c1cc(NC(=O)Nc2cccc(F)c2F)n(-c2ccc3c(c2)CCNC3)n1. The summed E-state index contributed by atoms with van der Waals surface area (Å²) in [4.78, 5) is 12.6. The lowest BCUT2D eigenvalue weighted by Gasteiger charge is -2.18. The first-order valence-corrected chi connectivity index (χ1v) is 10.2. The molecule has 0 fully saturated rings. The van der Waals surface area contributed by atoms with E-state index in [1.807, 2.05) is 26.8 Å². The van der Waals surface area contributed by atoms with Crippen LogP contribution >= 0.6 is 0 Å². The molecular weight excluding hydrogens is 400 g/mol. The molecule has 3 N–H and O–H groups in total. The van der Waals surface area contributed by atoms with Gasteiger partial charge in [0.1, 0.15) is 5.82 Å². The van der Waals surface area contributed by atoms with Gasteiger partial charge in [0.15, 0.2) is 11.6 Å². The van der Waals surface area contributed by atoms with E-state index in [1.165, 1.54) is 23.3 Å². The summed E-state index contributed by atoms with van der Waals surface area (Å²) in [6.45, 7) is 7.84. The van der Waals surface area contributed by atoms with E-state index < -0.39 is 17.7 Å². The molecule has 2 aromatic carbocycles. The van der Waals surface area contributed by atoms with Gasteiger partial charge in [-0.25, -0.2) is 18.3 Å². The molecule has 2 amide bonds. The number of hydrogen-bond donors (Lipinski definition) is 3. The molecule has 4 rings (SSSR count). The van der Waals surface area contributed by atoms with Crippen LogP contribution in [0.25, 0.3) is 5.69 Å². The molecule has 1 aliphatic heterocycles. The van der Waals surface area contributed by atoms with Crippen LogP contribution in [-0.2, 0) is 18.4 Å². The van der Waals surface area contributed by atoms with Crippen molar-refractivity contribution < 1.29 is 13.6 Å². The lowest BCUT2D eigenvalue weighted by atomic mass is 9.92. The van der Waals surface area contributed by atoms with Crippen molar-refractivity contribution in [3.8, 4) is 5.69 Å². The van der Waals surface area contributed by atoms with Crippen LogP contribution < -0.4 is 16.0 Å². The Morgan fingerprint density at radius 1 is 1.10 bits per heavy atom. The van der Waals surface area contributed by atoms with Crippen molar-refractivity contribution in [2.75, 3.05) is 17.2 Å². The van der Waals surface area contributed by atoms with Gasteiger partial charge in [0.05, 0.1) is 17.1 Å². The maximum Gasteiger partial charge on any atom is 0.324 e. The van der Waals surface area contributed by atoms with Crippen LogP contribution in [-0.4, -0.2) is 22.4 Å². The van der Waals surface area contributed by atoms with Crippen LogP contribution in [0.1, 0.15) is 37.6 Å². The molecular formula is C23H25F2N5O. The van der Waals surface area contributed by atoms with Crippen molar-refractivity contribution in [3.63, 3.8) is 0 Å². The topological polar surface area (TPSA) is 71.0 Å². The number of rotatable bonds is 3. The summed E-state index contributed by atoms with van der Waals surface area (Å²) in [5, 5.41) is 13.2. The van der Waals surface area contributed by atoms with Gasteiger partial charge >= 0.3 is 6.03 Å². The van der Waals surface area contributed by atoms with Crippen LogP contribution in [0.3, 0.4) is 0 Å². The van der Waals surface area contributed by atoms with Crippen molar-refractivity contribution in [2.45, 2.75) is 39.2 Å². The number of fused-ring (bicyclic) bond motifs is 1. The zero-order valence-electron chi connectivity index (χ0n) is 17.7. The van der Waals surface area contributed by atoms with Gasteiger partial charge in [0, 0.05) is 18.0 Å². The maximum absolute atomic E-state index is 13.9. The number of urea groups is 1. The molecule has 6 nitrogen and oxygen atoms in total. The third-order valence-corrected chi connectivity index (χ3v) is 5.24. The minimum Gasteiger partial charge on any atom is -0.312 e. The summed E-state index contributed by atoms with van der Waals surface area (Å²) in [7, 11) is 0. The molecule has 0 radical (unpaired) electrons. The van der Waals surface area contributed by atoms with Gasteiger partial charge < -0.3 is 10.6 Å². The number of aromatic nitrogens is 2. The number of nitrogens with one attached hydrogen (secondary N) is 3. The lowest BCUT2D eigenvalue weighted by molar-refractivity contribution is 0.262. The normalized spacial score (nSPS) is 13.6. The van der Waals surface area contributed by atoms with E-state index in [-0.39, 0.29) is 11.1 Å². The van der Waals surface area contributed by atoms with E-state index in [0.29, 0.717) is 5.82 Å². The maximum atomic E-state index is 13.9. The van der Waals surface area contributed by atoms with E-state index in [9.17, 15) is 13.6 Å². The molecule has 8 heteroatoms. The van der Waals surface area contributed by atoms with Gasteiger partial charge in [0.2, 0.25) is 0 Å². The summed E-state index contributed by atoms with van der Waals surface area (Å²) in [5.74, 6) is -1.70. The molecule has 3 aromatic rings. The van der Waals surface area contributed by atoms with E-state index in [4.69, 9.17) is 5.10 Å². The van der Waals surface area contributed by atoms with Crippen LogP contribution in [0.2, 0.25) is 0 Å². The zero-order valence-corrected chi connectivity index (χ0v) is 17.7. The number of halogens is 2. The first-order chi connectivity index (χ1) is 14.7. The van der Waals surface area contributed by atoms with Crippen molar-refractivity contribution in [2.24, 2.45) is 0 Å².